The van der Waals surface area contributed by atoms with Crippen LogP contribution in [-0.2, 0) is 54.8 Å². The molecular formula is C37H42O6. The van der Waals surface area contributed by atoms with Crippen molar-refractivity contribution < 1.29 is 28.4 Å². The van der Waals surface area contributed by atoms with Gasteiger partial charge in [0, 0.05) is 0 Å². The van der Waals surface area contributed by atoms with Crippen LogP contribution >= 0.6 is 0 Å². The Morgan fingerprint density at radius 3 is 1.35 bits per heavy atom. The van der Waals surface area contributed by atoms with E-state index >= 15 is 0 Å². The standard InChI is InChI=1S/C37H42O6/c1-28(2)42-37-36(41-26-32-21-13-6-14-22-32)35(40-25-31-19-11-5-12-20-31)34(39-24-30-17-9-4-10-18-30)33(43-37)27-38-23-29-15-7-3-8-16-29/h3-22,28,33-37H,23-27H2,1-2H3/t33-,34+,35+,36-,37?/m1/s1. The lowest BCUT2D eigenvalue weighted by Crippen LogP contribution is -2.62. The smallest absolute Gasteiger partial charge is 0.187 e. The van der Waals surface area contributed by atoms with Crippen LogP contribution in [0.1, 0.15) is 36.1 Å². The summed E-state index contributed by atoms with van der Waals surface area (Å²) < 4.78 is 39.2. The molecule has 0 amide bonds. The second-order valence-electron chi connectivity index (χ2n) is 11.0. The van der Waals surface area contributed by atoms with Gasteiger partial charge in [0.2, 0.25) is 0 Å². The van der Waals surface area contributed by atoms with Gasteiger partial charge in [-0.05, 0) is 36.1 Å². The lowest BCUT2D eigenvalue weighted by molar-refractivity contribution is -0.334. The maximum atomic E-state index is 6.71. The second kappa shape index (κ2) is 16.5. The molecule has 0 aliphatic carbocycles. The molecule has 5 rings (SSSR count). The van der Waals surface area contributed by atoms with Crippen molar-refractivity contribution in [3.63, 3.8) is 0 Å². The van der Waals surface area contributed by atoms with E-state index in [4.69, 9.17) is 28.4 Å². The molecule has 0 saturated carbocycles. The normalized spacial score (nSPS) is 22.1. The number of rotatable bonds is 15. The van der Waals surface area contributed by atoms with Gasteiger partial charge in [-0.25, -0.2) is 0 Å². The Hall–Kier alpha value is -3.36. The summed E-state index contributed by atoms with van der Waals surface area (Å²) >= 11 is 0. The number of hydrogen-bond donors (Lipinski definition) is 0. The van der Waals surface area contributed by atoms with E-state index < -0.39 is 30.7 Å². The first-order valence-corrected chi connectivity index (χ1v) is 15.0. The highest BCUT2D eigenvalue weighted by atomic mass is 16.7. The Morgan fingerprint density at radius 1 is 0.512 bits per heavy atom. The third kappa shape index (κ3) is 9.57. The summed E-state index contributed by atoms with van der Waals surface area (Å²) in [6.45, 7) is 5.95. The van der Waals surface area contributed by atoms with Crippen molar-refractivity contribution in [3.05, 3.63) is 144 Å². The van der Waals surface area contributed by atoms with Crippen molar-refractivity contribution in [2.24, 2.45) is 0 Å². The molecule has 6 heteroatoms. The average molecular weight is 583 g/mol. The maximum absolute atomic E-state index is 6.71. The zero-order chi connectivity index (χ0) is 29.7. The van der Waals surface area contributed by atoms with Crippen LogP contribution in [-0.4, -0.2) is 43.4 Å². The van der Waals surface area contributed by atoms with E-state index in [0.717, 1.165) is 22.3 Å². The summed E-state index contributed by atoms with van der Waals surface area (Å²) in [5.41, 5.74) is 4.28. The molecule has 4 aromatic rings. The predicted molar refractivity (Wildman–Crippen MR) is 166 cm³/mol. The van der Waals surface area contributed by atoms with Gasteiger partial charge in [-0.15, -0.1) is 0 Å². The minimum Gasteiger partial charge on any atom is -0.374 e. The van der Waals surface area contributed by atoms with Gasteiger partial charge in [-0.1, -0.05) is 121 Å². The molecule has 0 spiro atoms. The topological polar surface area (TPSA) is 55.4 Å². The molecule has 6 nitrogen and oxygen atoms in total. The lowest BCUT2D eigenvalue weighted by Gasteiger charge is -2.46. The van der Waals surface area contributed by atoms with Gasteiger partial charge in [-0.3, -0.25) is 0 Å². The Morgan fingerprint density at radius 2 is 0.907 bits per heavy atom. The Labute approximate surface area is 255 Å². The largest absolute Gasteiger partial charge is 0.374 e. The molecule has 0 radical (unpaired) electrons. The molecule has 0 aromatic heterocycles. The van der Waals surface area contributed by atoms with E-state index in [9.17, 15) is 0 Å². The Balaban J connectivity index is 1.42. The van der Waals surface area contributed by atoms with Gasteiger partial charge in [0.1, 0.15) is 24.4 Å². The van der Waals surface area contributed by atoms with E-state index in [0.29, 0.717) is 33.0 Å². The van der Waals surface area contributed by atoms with Crippen LogP contribution in [0.3, 0.4) is 0 Å². The summed E-state index contributed by atoms with van der Waals surface area (Å²) in [5, 5.41) is 0. The first kappa shape index (κ1) is 31.1. The summed E-state index contributed by atoms with van der Waals surface area (Å²) in [5.74, 6) is 0. The summed E-state index contributed by atoms with van der Waals surface area (Å²) in [7, 11) is 0. The molecule has 226 valence electrons. The van der Waals surface area contributed by atoms with Crippen molar-refractivity contribution in [2.75, 3.05) is 6.61 Å². The van der Waals surface area contributed by atoms with Gasteiger partial charge < -0.3 is 28.4 Å². The highest BCUT2D eigenvalue weighted by Crippen LogP contribution is 2.32. The van der Waals surface area contributed by atoms with Gasteiger partial charge in [0.15, 0.2) is 6.29 Å². The molecule has 43 heavy (non-hydrogen) atoms. The molecule has 1 heterocycles. The minimum absolute atomic E-state index is 0.0877. The highest BCUT2D eigenvalue weighted by molar-refractivity contribution is 5.16. The van der Waals surface area contributed by atoms with Crippen LogP contribution in [0.4, 0.5) is 0 Å². The predicted octanol–water partition coefficient (Wildman–Crippen LogP) is 7.11. The zero-order valence-corrected chi connectivity index (χ0v) is 25.0. The monoisotopic (exact) mass is 582 g/mol. The summed E-state index contributed by atoms with van der Waals surface area (Å²) in [6.07, 6.45) is -2.73. The first-order valence-electron chi connectivity index (χ1n) is 15.0. The summed E-state index contributed by atoms with van der Waals surface area (Å²) in [6, 6.07) is 40.5. The third-order valence-corrected chi connectivity index (χ3v) is 7.25. The van der Waals surface area contributed by atoms with Gasteiger partial charge >= 0.3 is 0 Å². The van der Waals surface area contributed by atoms with E-state index in [2.05, 4.69) is 36.4 Å². The SMILES string of the molecule is CC(C)OC1O[C@H](COCc2ccccc2)[C@H](OCc2ccccc2)[C@H](OCc2ccccc2)[C@H]1OCc1ccccc1. The van der Waals surface area contributed by atoms with E-state index in [1.807, 2.05) is 98.8 Å². The molecule has 4 aromatic carbocycles. The van der Waals surface area contributed by atoms with Crippen molar-refractivity contribution in [2.45, 2.75) is 77.1 Å². The van der Waals surface area contributed by atoms with Crippen LogP contribution in [0.5, 0.6) is 0 Å². The lowest BCUT2D eigenvalue weighted by atomic mass is 9.97. The Bertz CT molecular complexity index is 1300. The molecule has 5 atom stereocenters. The van der Waals surface area contributed by atoms with Crippen LogP contribution in [0, 0.1) is 0 Å². The van der Waals surface area contributed by atoms with E-state index in [1.54, 1.807) is 0 Å². The molecule has 1 aliphatic heterocycles. The van der Waals surface area contributed by atoms with E-state index in [-0.39, 0.29) is 6.10 Å². The van der Waals surface area contributed by atoms with E-state index in [1.165, 1.54) is 0 Å². The summed E-state index contributed by atoms with van der Waals surface area (Å²) in [4.78, 5) is 0. The van der Waals surface area contributed by atoms with Gasteiger partial charge in [0.05, 0.1) is 39.1 Å². The van der Waals surface area contributed by atoms with Crippen molar-refractivity contribution >= 4 is 0 Å². The minimum atomic E-state index is -0.675. The molecule has 0 N–H and O–H groups in total. The van der Waals surface area contributed by atoms with Gasteiger partial charge in [-0.2, -0.15) is 0 Å². The fourth-order valence-electron chi connectivity index (χ4n) is 5.12. The quantitative estimate of drug-likeness (QED) is 0.149. The van der Waals surface area contributed by atoms with Crippen LogP contribution in [0.15, 0.2) is 121 Å². The molecule has 0 bridgehead atoms. The van der Waals surface area contributed by atoms with Gasteiger partial charge in [0.25, 0.3) is 0 Å². The molecule has 1 fully saturated rings. The van der Waals surface area contributed by atoms with Crippen molar-refractivity contribution in [3.8, 4) is 0 Å². The van der Waals surface area contributed by atoms with Crippen molar-refractivity contribution in [1.82, 2.24) is 0 Å². The number of ether oxygens (including phenoxy) is 6. The van der Waals surface area contributed by atoms with Crippen molar-refractivity contribution in [1.29, 1.82) is 0 Å². The molecular weight excluding hydrogens is 540 g/mol. The fourth-order valence-corrected chi connectivity index (χ4v) is 5.12. The first-order chi connectivity index (χ1) is 21.2. The fraction of sp³-hybridized carbons (Fsp3) is 0.351. The average Bonchev–Trinajstić information content (AvgIpc) is 3.04. The molecule has 1 aliphatic rings. The maximum Gasteiger partial charge on any atom is 0.187 e. The third-order valence-electron chi connectivity index (χ3n) is 7.25. The number of hydrogen-bond acceptors (Lipinski definition) is 6. The van der Waals surface area contributed by atoms with Crippen LogP contribution in [0.25, 0.3) is 0 Å². The highest BCUT2D eigenvalue weighted by Gasteiger charge is 2.49. The molecule has 1 unspecified atom stereocenters. The van der Waals surface area contributed by atoms with Crippen LogP contribution in [0.2, 0.25) is 0 Å². The van der Waals surface area contributed by atoms with Crippen LogP contribution < -0.4 is 0 Å². The zero-order valence-electron chi connectivity index (χ0n) is 25.0. The number of benzene rings is 4. The Kier molecular flexibility index (Phi) is 11.9. The molecule has 1 saturated heterocycles. The second-order valence-corrected chi connectivity index (χ2v) is 11.0.